The minimum atomic E-state index is -0.240. The third-order valence-corrected chi connectivity index (χ3v) is 4.50. The molecule has 1 unspecified atom stereocenters. The molecule has 3 rings (SSSR count). The molecule has 2 aromatic rings. The molecule has 1 N–H and O–H groups in total. The van der Waals surface area contributed by atoms with Gasteiger partial charge in [0, 0.05) is 20.9 Å². The normalized spacial score (nSPS) is 16.8. The molecule has 1 heterocycles. The number of hydrogen-bond donors (Lipinski definition) is 1. The second-order valence-corrected chi connectivity index (χ2v) is 7.53. The maximum atomic E-state index is 12.1. The van der Waals surface area contributed by atoms with Crippen molar-refractivity contribution in [1.29, 1.82) is 0 Å². The third kappa shape index (κ3) is 5.62. The predicted octanol–water partition coefficient (Wildman–Crippen LogP) is 5.24. The summed E-state index contributed by atoms with van der Waals surface area (Å²) in [6.07, 6.45) is 0. The zero-order valence-corrected chi connectivity index (χ0v) is 17.0. The fraction of sp³-hybridized carbons (Fsp3) is 0.250. The maximum absolute atomic E-state index is 12.1. The molecule has 1 aliphatic heterocycles. The average molecular weight is 422 g/mol. The van der Waals surface area contributed by atoms with Crippen molar-refractivity contribution in [3.8, 4) is 0 Å². The Labute approximate surface area is 162 Å². The topological polar surface area (TPSA) is 32.3 Å². The number of halogens is 2. The van der Waals surface area contributed by atoms with Gasteiger partial charge in [-0.25, -0.2) is 0 Å². The molecule has 0 aliphatic carbocycles. The molecular weight excluding hydrogens is 400 g/mol. The van der Waals surface area contributed by atoms with E-state index in [0.29, 0.717) is 11.6 Å². The first-order valence-corrected chi connectivity index (χ1v) is 9.18. The van der Waals surface area contributed by atoms with Gasteiger partial charge in [0.15, 0.2) is 0 Å². The second kappa shape index (κ2) is 8.54. The van der Waals surface area contributed by atoms with Crippen LogP contribution in [0.5, 0.6) is 0 Å². The predicted molar refractivity (Wildman–Crippen MR) is 109 cm³/mol. The van der Waals surface area contributed by atoms with Crippen LogP contribution >= 0.6 is 27.5 Å². The van der Waals surface area contributed by atoms with Crippen molar-refractivity contribution >= 4 is 39.1 Å². The van der Waals surface area contributed by atoms with Crippen molar-refractivity contribution in [2.75, 3.05) is 11.4 Å². The molecule has 1 amide bonds. The molecular formula is C20H22BrClN2O. The van der Waals surface area contributed by atoms with Crippen molar-refractivity contribution in [3.63, 3.8) is 0 Å². The summed E-state index contributed by atoms with van der Waals surface area (Å²) >= 11 is 9.36. The summed E-state index contributed by atoms with van der Waals surface area (Å²) in [4.78, 5) is 13.8. The summed E-state index contributed by atoms with van der Waals surface area (Å²) in [5, 5.41) is 3.68. The molecule has 2 aromatic carbocycles. The standard InChI is InChI=1S/C13H15ClN2O.C7H7Br/c1-8-4-11(14)6-12(5-8)16-7-9(2)15-10(3)13(16)17;1-6-2-4-7(8)5-3-6/h4-6,10,15H,2,7H2,1,3H3;2-5H,1H3. The highest BCUT2D eigenvalue weighted by molar-refractivity contribution is 9.10. The van der Waals surface area contributed by atoms with Crippen LogP contribution in [0.3, 0.4) is 0 Å². The van der Waals surface area contributed by atoms with E-state index in [-0.39, 0.29) is 11.9 Å². The van der Waals surface area contributed by atoms with Gasteiger partial charge >= 0.3 is 0 Å². The number of nitrogens with zero attached hydrogens (tertiary/aromatic N) is 1. The lowest BCUT2D eigenvalue weighted by Gasteiger charge is -2.33. The molecule has 1 saturated heterocycles. The van der Waals surface area contributed by atoms with Crippen LogP contribution in [-0.4, -0.2) is 18.5 Å². The van der Waals surface area contributed by atoms with Crippen LogP contribution < -0.4 is 10.2 Å². The van der Waals surface area contributed by atoms with Gasteiger partial charge in [0.2, 0.25) is 5.91 Å². The van der Waals surface area contributed by atoms with E-state index >= 15 is 0 Å². The summed E-state index contributed by atoms with van der Waals surface area (Å²) in [6, 6.07) is 13.6. The van der Waals surface area contributed by atoms with E-state index in [1.54, 1.807) is 11.0 Å². The lowest BCUT2D eigenvalue weighted by molar-refractivity contribution is -0.120. The van der Waals surface area contributed by atoms with E-state index in [0.717, 1.165) is 21.4 Å². The van der Waals surface area contributed by atoms with E-state index in [9.17, 15) is 4.79 Å². The van der Waals surface area contributed by atoms with E-state index in [1.807, 2.05) is 38.1 Å². The number of aryl methyl sites for hydroxylation is 2. The molecule has 5 heteroatoms. The highest BCUT2D eigenvalue weighted by Gasteiger charge is 2.27. The minimum absolute atomic E-state index is 0.0408. The molecule has 0 saturated carbocycles. The highest BCUT2D eigenvalue weighted by atomic mass is 79.9. The van der Waals surface area contributed by atoms with E-state index < -0.39 is 0 Å². The van der Waals surface area contributed by atoms with E-state index in [4.69, 9.17) is 11.6 Å². The number of benzene rings is 2. The third-order valence-electron chi connectivity index (χ3n) is 3.76. The van der Waals surface area contributed by atoms with Gasteiger partial charge in [-0.3, -0.25) is 4.79 Å². The van der Waals surface area contributed by atoms with Crippen molar-refractivity contribution < 1.29 is 4.79 Å². The Balaban J connectivity index is 0.000000236. The molecule has 0 spiro atoms. The number of piperazine rings is 1. The van der Waals surface area contributed by atoms with Crippen LogP contribution in [0.4, 0.5) is 5.69 Å². The first-order chi connectivity index (χ1) is 11.8. The van der Waals surface area contributed by atoms with Gasteiger partial charge < -0.3 is 10.2 Å². The second-order valence-electron chi connectivity index (χ2n) is 6.18. The summed E-state index contributed by atoms with van der Waals surface area (Å²) in [5.74, 6) is 0.0408. The van der Waals surface area contributed by atoms with Crippen LogP contribution in [0.15, 0.2) is 59.2 Å². The van der Waals surface area contributed by atoms with Gasteiger partial charge in [0.25, 0.3) is 0 Å². The number of rotatable bonds is 1. The first kappa shape index (κ1) is 19.5. The fourth-order valence-corrected chi connectivity index (χ4v) is 3.09. The zero-order valence-electron chi connectivity index (χ0n) is 14.6. The summed E-state index contributed by atoms with van der Waals surface area (Å²) in [5.41, 5.74) is 4.01. The Morgan fingerprint density at radius 3 is 2.36 bits per heavy atom. The molecule has 3 nitrogen and oxygen atoms in total. The number of carbonyl (C=O) groups is 1. The molecule has 0 radical (unpaired) electrons. The van der Waals surface area contributed by atoms with Crippen LogP contribution in [0.25, 0.3) is 0 Å². The van der Waals surface area contributed by atoms with Gasteiger partial charge in [-0.05, 0) is 56.7 Å². The number of nitrogens with one attached hydrogen (secondary N) is 1. The SMILES string of the molecule is C=C1CN(c2cc(C)cc(Cl)c2)C(=O)C(C)N1.Cc1ccc(Br)cc1. The van der Waals surface area contributed by atoms with Crippen LogP contribution in [0, 0.1) is 13.8 Å². The average Bonchev–Trinajstić information content (AvgIpc) is 2.53. The van der Waals surface area contributed by atoms with E-state index in [2.05, 4.69) is 46.9 Å². The molecule has 132 valence electrons. The van der Waals surface area contributed by atoms with Crippen molar-refractivity contribution in [2.24, 2.45) is 0 Å². The van der Waals surface area contributed by atoms with Crippen molar-refractivity contribution in [3.05, 3.63) is 75.4 Å². The molecule has 1 fully saturated rings. The lowest BCUT2D eigenvalue weighted by Crippen LogP contribution is -2.52. The molecule has 0 aromatic heterocycles. The van der Waals surface area contributed by atoms with Gasteiger partial charge in [-0.2, -0.15) is 0 Å². The smallest absolute Gasteiger partial charge is 0.249 e. The summed E-state index contributed by atoms with van der Waals surface area (Å²) < 4.78 is 1.14. The van der Waals surface area contributed by atoms with Crippen LogP contribution in [-0.2, 0) is 4.79 Å². The van der Waals surface area contributed by atoms with Crippen LogP contribution in [0.2, 0.25) is 5.02 Å². The first-order valence-electron chi connectivity index (χ1n) is 8.01. The lowest BCUT2D eigenvalue weighted by atomic mass is 10.1. The largest absolute Gasteiger partial charge is 0.376 e. The molecule has 25 heavy (non-hydrogen) atoms. The fourth-order valence-electron chi connectivity index (χ4n) is 2.54. The summed E-state index contributed by atoms with van der Waals surface area (Å²) in [7, 11) is 0. The van der Waals surface area contributed by atoms with Crippen LogP contribution in [0.1, 0.15) is 18.1 Å². The Hall–Kier alpha value is -1.78. The van der Waals surface area contributed by atoms with Gasteiger partial charge in [0.05, 0.1) is 6.54 Å². The molecule has 1 atom stereocenters. The highest BCUT2D eigenvalue weighted by Crippen LogP contribution is 2.24. The van der Waals surface area contributed by atoms with Gasteiger partial charge in [0.1, 0.15) is 6.04 Å². The zero-order chi connectivity index (χ0) is 18.6. The van der Waals surface area contributed by atoms with E-state index in [1.165, 1.54) is 5.56 Å². The molecule has 1 aliphatic rings. The Bertz CT molecular complexity index is 733. The minimum Gasteiger partial charge on any atom is -0.376 e. The Kier molecular flexibility index (Phi) is 6.68. The number of hydrogen-bond acceptors (Lipinski definition) is 2. The van der Waals surface area contributed by atoms with Gasteiger partial charge in [-0.1, -0.05) is 51.8 Å². The maximum Gasteiger partial charge on any atom is 0.249 e. The monoisotopic (exact) mass is 420 g/mol. The Morgan fingerprint density at radius 1 is 1.16 bits per heavy atom. The van der Waals surface area contributed by atoms with Gasteiger partial charge in [-0.15, -0.1) is 0 Å². The number of anilines is 1. The summed E-state index contributed by atoms with van der Waals surface area (Å²) in [6.45, 7) is 10.2. The van der Waals surface area contributed by atoms with Crippen molar-refractivity contribution in [1.82, 2.24) is 5.32 Å². The quantitative estimate of drug-likeness (QED) is 0.682. The van der Waals surface area contributed by atoms with Crippen molar-refractivity contribution in [2.45, 2.75) is 26.8 Å². The number of carbonyl (C=O) groups excluding carboxylic acids is 1. The number of amides is 1. The molecule has 0 bridgehead atoms. The Morgan fingerprint density at radius 2 is 1.80 bits per heavy atom.